The van der Waals surface area contributed by atoms with Gasteiger partial charge in [0.05, 0.1) is 11.3 Å². The fourth-order valence-corrected chi connectivity index (χ4v) is 2.16. The van der Waals surface area contributed by atoms with E-state index in [1.165, 1.54) is 0 Å². The summed E-state index contributed by atoms with van der Waals surface area (Å²) >= 11 is 0. The number of nitrogens with zero attached hydrogens (tertiary/aromatic N) is 1. The number of nitrogens with two attached hydrogens (primary N) is 1. The lowest BCUT2D eigenvalue weighted by Crippen LogP contribution is -2.23. The van der Waals surface area contributed by atoms with Crippen molar-refractivity contribution in [2.45, 2.75) is 26.6 Å². The Kier molecular flexibility index (Phi) is 5.19. The molecular weight excluding hydrogens is 270 g/mol. The summed E-state index contributed by atoms with van der Waals surface area (Å²) in [5.41, 5.74) is 7.16. The van der Waals surface area contributed by atoms with Crippen LogP contribution in [0.4, 0.5) is 5.82 Å². The van der Waals surface area contributed by atoms with Crippen molar-refractivity contribution in [3.63, 3.8) is 0 Å². The summed E-state index contributed by atoms with van der Waals surface area (Å²) in [7, 11) is 0. The number of anilines is 1. The lowest BCUT2D eigenvalue weighted by Gasteiger charge is -2.16. The Morgan fingerprint density at radius 2 is 1.81 bits per heavy atom. The molecule has 0 radical (unpaired) electrons. The van der Waals surface area contributed by atoms with Gasteiger partial charge in [-0.15, -0.1) is 0 Å². The van der Waals surface area contributed by atoms with Crippen LogP contribution in [0.25, 0.3) is 5.69 Å². The van der Waals surface area contributed by atoms with Crippen LogP contribution in [-0.4, -0.2) is 29.3 Å². The zero-order valence-electron chi connectivity index (χ0n) is 12.3. The Hall–Kier alpha value is -2.05. The average molecular weight is 291 g/mol. The number of hydrogen-bond acceptors (Lipinski definition) is 4. The Morgan fingerprint density at radius 3 is 2.38 bits per heavy atom. The molecule has 0 saturated heterocycles. The minimum atomic E-state index is -0.463. The van der Waals surface area contributed by atoms with Crippen LogP contribution in [0.1, 0.15) is 19.4 Å². The van der Waals surface area contributed by atoms with Gasteiger partial charge in [-0.2, -0.15) is 0 Å². The molecule has 0 bridgehead atoms. The SMILES string of the molecule is CCOC(Cc1c(N)n(-c2ccccc2)[nH]c1=O)OCC. The third kappa shape index (κ3) is 3.53. The summed E-state index contributed by atoms with van der Waals surface area (Å²) in [6.07, 6.45) is -0.141. The molecule has 6 nitrogen and oxygen atoms in total. The summed E-state index contributed by atoms with van der Waals surface area (Å²) < 4.78 is 12.5. The number of ether oxygens (including phenoxy) is 2. The van der Waals surface area contributed by atoms with Crippen molar-refractivity contribution >= 4 is 5.82 Å². The van der Waals surface area contributed by atoms with Crippen LogP contribution in [0.3, 0.4) is 0 Å². The predicted molar refractivity (Wildman–Crippen MR) is 81.5 cm³/mol. The van der Waals surface area contributed by atoms with E-state index in [2.05, 4.69) is 5.10 Å². The highest BCUT2D eigenvalue weighted by molar-refractivity contribution is 5.47. The third-order valence-electron chi connectivity index (χ3n) is 3.13. The molecular formula is C15H21N3O3. The molecule has 1 aromatic heterocycles. The van der Waals surface area contributed by atoms with Gasteiger partial charge in [-0.25, -0.2) is 4.68 Å². The number of para-hydroxylation sites is 1. The number of nitrogens with one attached hydrogen (secondary N) is 1. The first-order valence-corrected chi connectivity index (χ1v) is 7.05. The fourth-order valence-electron chi connectivity index (χ4n) is 2.16. The van der Waals surface area contributed by atoms with E-state index in [0.717, 1.165) is 5.69 Å². The molecule has 21 heavy (non-hydrogen) atoms. The average Bonchev–Trinajstić information content (AvgIpc) is 2.77. The largest absolute Gasteiger partial charge is 0.383 e. The van der Waals surface area contributed by atoms with E-state index < -0.39 is 6.29 Å². The highest BCUT2D eigenvalue weighted by atomic mass is 16.7. The predicted octanol–water partition coefficient (Wildman–Crippen LogP) is 1.69. The molecule has 1 aromatic carbocycles. The summed E-state index contributed by atoms with van der Waals surface area (Å²) in [5.74, 6) is 0.385. The molecule has 3 N–H and O–H groups in total. The van der Waals surface area contributed by atoms with Gasteiger partial charge in [-0.05, 0) is 26.0 Å². The molecule has 0 atom stereocenters. The molecule has 0 unspecified atom stereocenters. The second-order valence-corrected chi connectivity index (χ2v) is 4.52. The highest BCUT2D eigenvalue weighted by Gasteiger charge is 2.18. The van der Waals surface area contributed by atoms with Crippen molar-refractivity contribution in [2.24, 2.45) is 0 Å². The van der Waals surface area contributed by atoms with Crippen molar-refractivity contribution in [1.82, 2.24) is 9.78 Å². The summed E-state index contributed by atoms with van der Waals surface area (Å²) in [5, 5.41) is 2.74. The molecule has 1 heterocycles. The molecule has 0 amide bonds. The second kappa shape index (κ2) is 7.10. The van der Waals surface area contributed by atoms with Crippen molar-refractivity contribution in [2.75, 3.05) is 18.9 Å². The van der Waals surface area contributed by atoms with Crippen LogP contribution in [-0.2, 0) is 15.9 Å². The first-order valence-electron chi connectivity index (χ1n) is 7.05. The van der Waals surface area contributed by atoms with E-state index in [-0.39, 0.29) is 5.56 Å². The summed E-state index contributed by atoms with van der Waals surface area (Å²) in [6.45, 7) is 4.80. The van der Waals surface area contributed by atoms with Gasteiger partial charge in [0.2, 0.25) is 0 Å². The van der Waals surface area contributed by atoms with Gasteiger partial charge < -0.3 is 15.2 Å². The van der Waals surface area contributed by atoms with E-state index in [4.69, 9.17) is 15.2 Å². The summed E-state index contributed by atoms with van der Waals surface area (Å²) in [4.78, 5) is 12.1. The Morgan fingerprint density at radius 1 is 1.19 bits per heavy atom. The maximum atomic E-state index is 12.1. The molecule has 0 spiro atoms. The maximum Gasteiger partial charge on any atom is 0.269 e. The monoisotopic (exact) mass is 291 g/mol. The quantitative estimate of drug-likeness (QED) is 0.761. The summed E-state index contributed by atoms with van der Waals surface area (Å²) in [6, 6.07) is 9.42. The van der Waals surface area contributed by atoms with Gasteiger partial charge in [-0.3, -0.25) is 9.89 Å². The first-order chi connectivity index (χ1) is 10.2. The van der Waals surface area contributed by atoms with Crippen LogP contribution in [0, 0.1) is 0 Å². The van der Waals surface area contributed by atoms with E-state index >= 15 is 0 Å². The lowest BCUT2D eigenvalue weighted by atomic mass is 10.2. The smallest absolute Gasteiger partial charge is 0.269 e. The number of rotatable bonds is 7. The zero-order chi connectivity index (χ0) is 15.2. The van der Waals surface area contributed by atoms with E-state index in [0.29, 0.717) is 31.0 Å². The van der Waals surface area contributed by atoms with Gasteiger partial charge >= 0.3 is 0 Å². The third-order valence-corrected chi connectivity index (χ3v) is 3.13. The Labute approximate surface area is 123 Å². The van der Waals surface area contributed by atoms with Crippen LogP contribution in [0.2, 0.25) is 0 Å². The van der Waals surface area contributed by atoms with E-state index in [9.17, 15) is 4.79 Å². The van der Waals surface area contributed by atoms with Gasteiger partial charge in [0.15, 0.2) is 6.29 Å². The van der Waals surface area contributed by atoms with Crippen molar-refractivity contribution in [1.29, 1.82) is 0 Å². The van der Waals surface area contributed by atoms with Crippen LogP contribution in [0.15, 0.2) is 35.1 Å². The lowest BCUT2D eigenvalue weighted by molar-refractivity contribution is -0.134. The number of aromatic amines is 1. The normalized spacial score (nSPS) is 11.2. The van der Waals surface area contributed by atoms with Crippen molar-refractivity contribution < 1.29 is 9.47 Å². The van der Waals surface area contributed by atoms with E-state index in [1.807, 2.05) is 44.2 Å². The first kappa shape index (κ1) is 15.3. The van der Waals surface area contributed by atoms with Gasteiger partial charge in [-0.1, -0.05) is 18.2 Å². The van der Waals surface area contributed by atoms with Crippen LogP contribution in [0.5, 0.6) is 0 Å². The number of nitrogen functional groups attached to an aromatic ring is 1. The molecule has 0 saturated carbocycles. The van der Waals surface area contributed by atoms with Crippen molar-refractivity contribution in [3.05, 3.63) is 46.2 Å². The molecule has 0 aliphatic carbocycles. The van der Waals surface area contributed by atoms with Gasteiger partial charge in [0, 0.05) is 19.6 Å². The second-order valence-electron chi connectivity index (χ2n) is 4.52. The van der Waals surface area contributed by atoms with Gasteiger partial charge in [0.1, 0.15) is 5.82 Å². The highest BCUT2D eigenvalue weighted by Crippen LogP contribution is 2.16. The molecule has 6 heteroatoms. The van der Waals surface area contributed by atoms with Crippen LogP contribution >= 0.6 is 0 Å². The molecule has 2 rings (SSSR count). The number of benzene rings is 1. The van der Waals surface area contributed by atoms with Gasteiger partial charge in [0.25, 0.3) is 5.56 Å². The standard InChI is InChI=1S/C15H21N3O3/c1-3-20-13(21-4-2)10-12-14(16)18(17-15(12)19)11-8-6-5-7-9-11/h5-9,13H,3-4,10,16H2,1-2H3,(H,17,19). The van der Waals surface area contributed by atoms with Crippen molar-refractivity contribution in [3.8, 4) is 5.69 Å². The zero-order valence-corrected chi connectivity index (χ0v) is 12.3. The molecule has 0 fully saturated rings. The molecule has 0 aliphatic rings. The fraction of sp³-hybridized carbons (Fsp3) is 0.400. The maximum absolute atomic E-state index is 12.1. The van der Waals surface area contributed by atoms with Crippen LogP contribution < -0.4 is 11.3 Å². The molecule has 0 aliphatic heterocycles. The molecule has 114 valence electrons. The topological polar surface area (TPSA) is 82.3 Å². The minimum absolute atomic E-state index is 0.222. The number of hydrogen-bond donors (Lipinski definition) is 2. The Bertz CT molecular complexity index is 613. The molecule has 2 aromatic rings. The number of H-pyrrole nitrogens is 1. The van der Waals surface area contributed by atoms with E-state index in [1.54, 1.807) is 4.68 Å². The Balaban J connectivity index is 2.29. The number of aromatic nitrogens is 2. The minimum Gasteiger partial charge on any atom is -0.383 e.